The molecule has 2 aromatic carbocycles. The van der Waals surface area contributed by atoms with Gasteiger partial charge < -0.3 is 9.67 Å². The Balaban J connectivity index is 2.31. The average molecular weight is 426 g/mol. The van der Waals surface area contributed by atoms with Crippen LogP contribution in [0.5, 0.6) is 0 Å². The van der Waals surface area contributed by atoms with Gasteiger partial charge in [0.05, 0.1) is 15.8 Å². The van der Waals surface area contributed by atoms with Crippen LogP contribution in [0, 0.1) is 5.82 Å². The topological polar surface area (TPSA) is 71.7 Å². The van der Waals surface area contributed by atoms with Gasteiger partial charge >= 0.3 is 12.1 Å². The van der Waals surface area contributed by atoms with Gasteiger partial charge in [0.2, 0.25) is 0 Å². The molecule has 29 heavy (non-hydrogen) atoms. The van der Waals surface area contributed by atoms with Crippen molar-refractivity contribution in [3.8, 4) is 0 Å². The van der Waals surface area contributed by atoms with Crippen LogP contribution in [-0.2, 0) is 11.0 Å². The molecule has 152 valence electrons. The second kappa shape index (κ2) is 7.78. The van der Waals surface area contributed by atoms with Crippen molar-refractivity contribution in [2.75, 3.05) is 0 Å². The van der Waals surface area contributed by atoms with Crippen LogP contribution in [0.4, 0.5) is 17.6 Å². The summed E-state index contributed by atoms with van der Waals surface area (Å²) < 4.78 is 54.2. The molecule has 0 bridgehead atoms. The zero-order valence-electron chi connectivity index (χ0n) is 14.9. The van der Waals surface area contributed by atoms with Gasteiger partial charge in [0.1, 0.15) is 11.9 Å². The normalized spacial score (nSPS) is 13.6. The minimum atomic E-state index is -4.66. The summed E-state index contributed by atoms with van der Waals surface area (Å²) in [5.41, 5.74) is -0.899. The minimum absolute atomic E-state index is 0.0183. The second-order valence-corrected chi connectivity index (χ2v) is 7.07. The van der Waals surface area contributed by atoms with E-state index in [0.717, 1.165) is 22.8 Å². The van der Waals surface area contributed by atoms with Crippen LogP contribution in [0.15, 0.2) is 47.5 Å². The van der Waals surface area contributed by atoms with Crippen molar-refractivity contribution in [3.63, 3.8) is 0 Å². The molecular formula is C19H14F4N2O3S. The SMILES string of the molecule is CCC(C(=O)O)n1c(=NC(=O)c2ccc(F)cc2)sc2c(C(F)(F)F)cccc21. The van der Waals surface area contributed by atoms with Crippen molar-refractivity contribution >= 4 is 33.4 Å². The van der Waals surface area contributed by atoms with Crippen molar-refractivity contribution in [2.24, 2.45) is 4.99 Å². The molecule has 0 spiro atoms. The monoisotopic (exact) mass is 426 g/mol. The summed E-state index contributed by atoms with van der Waals surface area (Å²) in [6, 6.07) is 6.68. The number of aliphatic carboxylic acids is 1. The molecule has 0 saturated carbocycles. The summed E-state index contributed by atoms with van der Waals surface area (Å²) in [6.07, 6.45) is -4.60. The summed E-state index contributed by atoms with van der Waals surface area (Å²) in [4.78, 5) is 27.8. The molecule has 1 aromatic heterocycles. The molecule has 0 saturated heterocycles. The maximum atomic E-state index is 13.4. The molecule has 1 N–H and O–H groups in total. The summed E-state index contributed by atoms with van der Waals surface area (Å²) in [6.45, 7) is 1.56. The first-order chi connectivity index (χ1) is 13.6. The van der Waals surface area contributed by atoms with Crippen molar-refractivity contribution in [3.05, 3.63) is 64.2 Å². The van der Waals surface area contributed by atoms with E-state index in [1.54, 1.807) is 6.92 Å². The number of benzene rings is 2. The van der Waals surface area contributed by atoms with Gasteiger partial charge in [-0.05, 0) is 42.8 Å². The number of nitrogens with zero attached hydrogens (tertiary/aromatic N) is 2. The van der Waals surface area contributed by atoms with E-state index in [1.165, 1.54) is 24.3 Å². The lowest BCUT2D eigenvalue weighted by Gasteiger charge is -2.14. The standard InChI is InChI=1S/C19H14F4N2O3S/c1-2-13(17(27)28)25-14-5-3-4-12(19(21,22)23)15(14)29-18(25)24-16(26)10-6-8-11(20)9-7-10/h3-9,13H,2H2,1H3,(H,27,28). The smallest absolute Gasteiger partial charge is 0.417 e. The molecule has 5 nitrogen and oxygen atoms in total. The maximum Gasteiger partial charge on any atom is 0.417 e. The summed E-state index contributed by atoms with van der Waals surface area (Å²) in [5, 5.41) is 9.53. The highest BCUT2D eigenvalue weighted by molar-refractivity contribution is 7.16. The highest BCUT2D eigenvalue weighted by Gasteiger charge is 2.34. The van der Waals surface area contributed by atoms with Crippen molar-refractivity contribution in [2.45, 2.75) is 25.6 Å². The lowest BCUT2D eigenvalue weighted by molar-refractivity contribution is -0.141. The van der Waals surface area contributed by atoms with Gasteiger partial charge in [0.15, 0.2) is 4.80 Å². The first-order valence-electron chi connectivity index (χ1n) is 8.42. The number of hydrogen-bond acceptors (Lipinski definition) is 3. The minimum Gasteiger partial charge on any atom is -0.480 e. The van der Waals surface area contributed by atoms with Crippen LogP contribution in [0.2, 0.25) is 0 Å². The predicted molar refractivity (Wildman–Crippen MR) is 98.1 cm³/mol. The maximum absolute atomic E-state index is 13.4. The van der Waals surface area contributed by atoms with Gasteiger partial charge in [-0.15, -0.1) is 0 Å². The van der Waals surface area contributed by atoms with Gasteiger partial charge in [-0.1, -0.05) is 24.3 Å². The number of carbonyl (C=O) groups excluding carboxylic acids is 1. The molecule has 1 atom stereocenters. The third-order valence-corrected chi connectivity index (χ3v) is 5.33. The predicted octanol–water partition coefficient (Wildman–Crippen LogP) is 4.64. The largest absolute Gasteiger partial charge is 0.480 e. The Kier molecular flexibility index (Phi) is 5.56. The van der Waals surface area contributed by atoms with Crippen LogP contribution >= 0.6 is 11.3 Å². The molecule has 0 aliphatic rings. The molecular weight excluding hydrogens is 412 g/mol. The number of alkyl halides is 3. The molecule has 3 aromatic rings. The molecule has 3 rings (SSSR count). The average Bonchev–Trinajstić information content (AvgIpc) is 2.99. The van der Waals surface area contributed by atoms with Crippen LogP contribution in [0.25, 0.3) is 10.2 Å². The Morgan fingerprint density at radius 2 is 1.83 bits per heavy atom. The van der Waals surface area contributed by atoms with Crippen molar-refractivity contribution in [1.29, 1.82) is 0 Å². The first-order valence-corrected chi connectivity index (χ1v) is 9.23. The summed E-state index contributed by atoms with van der Waals surface area (Å²) in [5.74, 6) is -2.65. The number of rotatable bonds is 4. The van der Waals surface area contributed by atoms with Gasteiger partial charge in [0, 0.05) is 5.56 Å². The molecule has 1 amide bonds. The van der Waals surface area contributed by atoms with E-state index in [2.05, 4.69) is 4.99 Å². The van der Waals surface area contributed by atoms with Crippen LogP contribution in [-0.4, -0.2) is 21.6 Å². The fourth-order valence-corrected chi connectivity index (χ4v) is 4.08. The molecule has 10 heteroatoms. The van der Waals surface area contributed by atoms with Crippen LogP contribution in [0.1, 0.15) is 35.3 Å². The van der Waals surface area contributed by atoms with E-state index in [9.17, 15) is 32.3 Å². The molecule has 0 aliphatic carbocycles. The number of carboxylic acids is 1. The van der Waals surface area contributed by atoms with Crippen molar-refractivity contribution in [1.82, 2.24) is 4.57 Å². The van der Waals surface area contributed by atoms with Gasteiger partial charge in [-0.3, -0.25) is 4.79 Å². The van der Waals surface area contributed by atoms with Gasteiger partial charge in [-0.25, -0.2) is 9.18 Å². The Labute approximate surface area is 165 Å². The number of amides is 1. The first kappa shape index (κ1) is 20.7. The van der Waals surface area contributed by atoms with Crippen LogP contribution < -0.4 is 4.80 Å². The Hall–Kier alpha value is -3.01. The molecule has 0 radical (unpaired) electrons. The molecule has 1 heterocycles. The molecule has 0 fully saturated rings. The van der Waals surface area contributed by atoms with E-state index in [0.29, 0.717) is 11.3 Å². The third kappa shape index (κ3) is 4.07. The summed E-state index contributed by atoms with van der Waals surface area (Å²) >= 11 is 0.583. The number of halogens is 4. The van der Waals surface area contributed by atoms with Gasteiger partial charge in [0.25, 0.3) is 5.91 Å². The lowest BCUT2D eigenvalue weighted by Crippen LogP contribution is -2.27. The van der Waals surface area contributed by atoms with Gasteiger partial charge in [-0.2, -0.15) is 18.2 Å². The van der Waals surface area contributed by atoms with E-state index < -0.39 is 35.5 Å². The number of aromatic nitrogens is 1. The quantitative estimate of drug-likeness (QED) is 0.618. The number of carbonyl (C=O) groups is 2. The second-order valence-electron chi connectivity index (χ2n) is 6.09. The number of carboxylic acid groups (broad SMARTS) is 1. The van der Waals surface area contributed by atoms with E-state index in [1.807, 2.05) is 0 Å². The highest BCUT2D eigenvalue weighted by atomic mass is 32.1. The number of fused-ring (bicyclic) bond motifs is 1. The fourth-order valence-electron chi connectivity index (χ4n) is 2.88. The summed E-state index contributed by atoms with van der Waals surface area (Å²) in [7, 11) is 0. The van der Waals surface area contributed by atoms with E-state index in [-0.39, 0.29) is 27.0 Å². The van der Waals surface area contributed by atoms with E-state index in [4.69, 9.17) is 0 Å². The van der Waals surface area contributed by atoms with E-state index >= 15 is 0 Å². The highest BCUT2D eigenvalue weighted by Crippen LogP contribution is 2.37. The third-order valence-electron chi connectivity index (χ3n) is 4.23. The Morgan fingerprint density at radius 3 is 2.38 bits per heavy atom. The Morgan fingerprint density at radius 1 is 1.17 bits per heavy atom. The zero-order valence-corrected chi connectivity index (χ0v) is 15.7. The molecule has 1 unspecified atom stereocenters. The molecule has 0 aliphatic heterocycles. The fraction of sp³-hybridized carbons (Fsp3) is 0.211. The number of hydrogen-bond donors (Lipinski definition) is 1. The lowest BCUT2D eigenvalue weighted by atomic mass is 10.1. The van der Waals surface area contributed by atoms with Crippen LogP contribution in [0.3, 0.4) is 0 Å². The zero-order chi connectivity index (χ0) is 21.3. The number of thiazole rings is 1. The Bertz CT molecular complexity index is 1150. The van der Waals surface area contributed by atoms with Crippen molar-refractivity contribution < 1.29 is 32.3 Å².